The highest BCUT2D eigenvalue weighted by atomic mass is 16.5. The standard InChI is InChI=1S/C11H21NO3/c1-9-6-4-5-7-12(9)8-11(2,14)10(13)15-3/h9,14H,4-8H2,1-3H3. The molecule has 0 aromatic heterocycles. The molecule has 2 unspecified atom stereocenters. The van der Waals surface area contributed by atoms with Crippen molar-refractivity contribution in [1.82, 2.24) is 4.90 Å². The quantitative estimate of drug-likeness (QED) is 0.707. The second kappa shape index (κ2) is 4.94. The monoisotopic (exact) mass is 215 g/mol. The Balaban J connectivity index is 2.55. The number of piperidine rings is 1. The van der Waals surface area contributed by atoms with E-state index in [0.29, 0.717) is 12.6 Å². The van der Waals surface area contributed by atoms with Crippen molar-refractivity contribution in [2.24, 2.45) is 0 Å². The lowest BCUT2D eigenvalue weighted by Gasteiger charge is -2.37. The molecule has 1 saturated heterocycles. The van der Waals surface area contributed by atoms with Gasteiger partial charge in [-0.2, -0.15) is 0 Å². The lowest BCUT2D eigenvalue weighted by molar-refractivity contribution is -0.163. The van der Waals surface area contributed by atoms with Gasteiger partial charge in [0.05, 0.1) is 7.11 Å². The minimum absolute atomic E-state index is 0.362. The first kappa shape index (κ1) is 12.5. The zero-order valence-electron chi connectivity index (χ0n) is 9.82. The highest BCUT2D eigenvalue weighted by molar-refractivity contribution is 5.78. The van der Waals surface area contributed by atoms with Gasteiger partial charge in [-0.05, 0) is 33.2 Å². The zero-order chi connectivity index (χ0) is 11.5. The molecule has 0 bridgehead atoms. The Kier molecular flexibility index (Phi) is 4.11. The Morgan fingerprint density at radius 2 is 2.27 bits per heavy atom. The molecule has 1 heterocycles. The average molecular weight is 215 g/mol. The molecule has 0 aromatic rings. The van der Waals surface area contributed by atoms with Crippen molar-refractivity contribution in [3.8, 4) is 0 Å². The van der Waals surface area contributed by atoms with Gasteiger partial charge in [0.1, 0.15) is 0 Å². The van der Waals surface area contributed by atoms with Crippen LogP contribution in [0.4, 0.5) is 0 Å². The van der Waals surface area contributed by atoms with E-state index < -0.39 is 11.6 Å². The Labute approximate surface area is 91.2 Å². The lowest BCUT2D eigenvalue weighted by atomic mass is 9.99. The summed E-state index contributed by atoms with van der Waals surface area (Å²) in [5.74, 6) is -0.555. The fourth-order valence-corrected chi connectivity index (χ4v) is 2.07. The number of esters is 1. The molecule has 4 nitrogen and oxygen atoms in total. The molecular weight excluding hydrogens is 194 g/mol. The molecule has 1 fully saturated rings. The number of carbonyl (C=O) groups is 1. The topological polar surface area (TPSA) is 49.8 Å². The second-order valence-corrected chi connectivity index (χ2v) is 4.58. The van der Waals surface area contributed by atoms with Crippen molar-refractivity contribution in [2.45, 2.75) is 44.8 Å². The minimum atomic E-state index is -1.39. The molecule has 1 aliphatic heterocycles. The zero-order valence-corrected chi connectivity index (χ0v) is 9.82. The molecule has 1 rings (SSSR count). The molecule has 88 valence electrons. The van der Waals surface area contributed by atoms with E-state index in [1.54, 1.807) is 0 Å². The lowest BCUT2D eigenvalue weighted by Crippen LogP contribution is -2.51. The summed E-state index contributed by atoms with van der Waals surface area (Å²) < 4.78 is 4.58. The fourth-order valence-electron chi connectivity index (χ4n) is 2.07. The summed E-state index contributed by atoms with van der Waals surface area (Å²) in [5.41, 5.74) is -1.39. The first-order chi connectivity index (χ1) is 6.97. The van der Waals surface area contributed by atoms with Gasteiger partial charge >= 0.3 is 5.97 Å². The summed E-state index contributed by atoms with van der Waals surface area (Å²) in [6.07, 6.45) is 3.51. The van der Waals surface area contributed by atoms with Crippen molar-refractivity contribution in [1.29, 1.82) is 0 Å². The van der Waals surface area contributed by atoms with E-state index in [9.17, 15) is 9.90 Å². The van der Waals surface area contributed by atoms with Gasteiger partial charge in [0.2, 0.25) is 0 Å². The number of methoxy groups -OCH3 is 1. The van der Waals surface area contributed by atoms with Gasteiger partial charge in [0, 0.05) is 12.6 Å². The van der Waals surface area contributed by atoms with Crippen molar-refractivity contribution < 1.29 is 14.6 Å². The molecule has 0 aliphatic carbocycles. The molecule has 0 aromatic carbocycles. The molecular formula is C11H21NO3. The maximum atomic E-state index is 11.3. The van der Waals surface area contributed by atoms with Crippen LogP contribution in [0.2, 0.25) is 0 Å². The van der Waals surface area contributed by atoms with E-state index in [1.165, 1.54) is 20.5 Å². The second-order valence-electron chi connectivity index (χ2n) is 4.58. The molecule has 2 atom stereocenters. The van der Waals surface area contributed by atoms with E-state index in [0.717, 1.165) is 19.4 Å². The molecule has 1 aliphatic rings. The number of hydrogen-bond donors (Lipinski definition) is 1. The molecule has 15 heavy (non-hydrogen) atoms. The third-order valence-electron chi connectivity index (χ3n) is 3.08. The van der Waals surface area contributed by atoms with Gasteiger partial charge in [0.15, 0.2) is 5.60 Å². The van der Waals surface area contributed by atoms with Gasteiger partial charge < -0.3 is 9.84 Å². The first-order valence-electron chi connectivity index (χ1n) is 5.52. The van der Waals surface area contributed by atoms with Crippen molar-refractivity contribution in [3.63, 3.8) is 0 Å². The van der Waals surface area contributed by atoms with Crippen LogP contribution < -0.4 is 0 Å². The van der Waals surface area contributed by atoms with Crippen molar-refractivity contribution in [2.75, 3.05) is 20.2 Å². The molecule has 4 heteroatoms. The highest BCUT2D eigenvalue weighted by Crippen LogP contribution is 2.19. The third kappa shape index (κ3) is 3.18. The Hall–Kier alpha value is -0.610. The van der Waals surface area contributed by atoms with Crippen LogP contribution >= 0.6 is 0 Å². The van der Waals surface area contributed by atoms with Crippen LogP contribution in [0.3, 0.4) is 0 Å². The van der Waals surface area contributed by atoms with Crippen LogP contribution in [0, 0.1) is 0 Å². The van der Waals surface area contributed by atoms with Gasteiger partial charge in [-0.1, -0.05) is 6.42 Å². The largest absolute Gasteiger partial charge is 0.467 e. The van der Waals surface area contributed by atoms with Gasteiger partial charge in [-0.25, -0.2) is 4.79 Å². The maximum absolute atomic E-state index is 11.3. The van der Waals surface area contributed by atoms with E-state index in [2.05, 4.69) is 16.6 Å². The number of likely N-dealkylation sites (tertiary alicyclic amines) is 1. The maximum Gasteiger partial charge on any atom is 0.338 e. The average Bonchev–Trinajstić information content (AvgIpc) is 2.20. The van der Waals surface area contributed by atoms with E-state index >= 15 is 0 Å². The van der Waals surface area contributed by atoms with Crippen LogP contribution in [-0.4, -0.2) is 47.8 Å². The first-order valence-corrected chi connectivity index (χ1v) is 5.52. The number of ether oxygens (including phenoxy) is 1. The van der Waals surface area contributed by atoms with E-state index in [4.69, 9.17) is 0 Å². The number of rotatable bonds is 3. The number of carbonyl (C=O) groups excluding carboxylic acids is 1. The van der Waals surface area contributed by atoms with Crippen LogP contribution in [-0.2, 0) is 9.53 Å². The SMILES string of the molecule is COC(=O)C(C)(O)CN1CCCCC1C. The smallest absolute Gasteiger partial charge is 0.338 e. The van der Waals surface area contributed by atoms with Crippen molar-refractivity contribution >= 4 is 5.97 Å². The Morgan fingerprint density at radius 3 is 2.80 bits per heavy atom. The normalized spacial score (nSPS) is 27.1. The summed E-state index contributed by atoms with van der Waals surface area (Å²) in [6.45, 7) is 4.96. The molecule has 1 N–H and O–H groups in total. The van der Waals surface area contributed by atoms with Crippen LogP contribution in [0.1, 0.15) is 33.1 Å². The van der Waals surface area contributed by atoms with Crippen LogP contribution in [0.15, 0.2) is 0 Å². The van der Waals surface area contributed by atoms with Gasteiger partial charge in [-0.3, -0.25) is 4.90 Å². The van der Waals surface area contributed by atoms with E-state index in [-0.39, 0.29) is 0 Å². The minimum Gasteiger partial charge on any atom is -0.467 e. The summed E-state index contributed by atoms with van der Waals surface area (Å²) in [6, 6.07) is 0.440. The van der Waals surface area contributed by atoms with Crippen molar-refractivity contribution in [3.05, 3.63) is 0 Å². The fraction of sp³-hybridized carbons (Fsp3) is 0.909. The molecule has 0 radical (unpaired) electrons. The third-order valence-corrected chi connectivity index (χ3v) is 3.08. The summed E-state index contributed by atoms with van der Waals surface area (Å²) in [5, 5.41) is 9.94. The summed E-state index contributed by atoms with van der Waals surface area (Å²) in [7, 11) is 1.30. The van der Waals surface area contributed by atoms with Gasteiger partial charge in [-0.15, -0.1) is 0 Å². The summed E-state index contributed by atoms with van der Waals surface area (Å²) >= 11 is 0. The number of hydrogen-bond acceptors (Lipinski definition) is 4. The Morgan fingerprint density at radius 1 is 1.60 bits per heavy atom. The number of nitrogens with zero attached hydrogens (tertiary/aromatic N) is 1. The summed E-state index contributed by atoms with van der Waals surface area (Å²) in [4.78, 5) is 13.5. The van der Waals surface area contributed by atoms with Gasteiger partial charge in [0.25, 0.3) is 0 Å². The van der Waals surface area contributed by atoms with Crippen LogP contribution in [0.5, 0.6) is 0 Å². The molecule has 0 spiro atoms. The molecule has 0 saturated carbocycles. The number of β-amino-alcohol motifs (C(OH)–C–C–N with tert-alkyl or cyclic N) is 1. The number of aliphatic hydroxyl groups is 1. The Bertz CT molecular complexity index is 228. The molecule has 0 amide bonds. The highest BCUT2D eigenvalue weighted by Gasteiger charge is 2.35. The predicted molar refractivity (Wildman–Crippen MR) is 57.5 cm³/mol. The predicted octanol–water partition coefficient (Wildman–Crippen LogP) is 0.785. The van der Waals surface area contributed by atoms with E-state index in [1.807, 2.05) is 0 Å². The van der Waals surface area contributed by atoms with Crippen LogP contribution in [0.25, 0.3) is 0 Å².